The molecule has 1 atom stereocenters. The van der Waals surface area contributed by atoms with E-state index in [-0.39, 0.29) is 6.61 Å². The van der Waals surface area contributed by atoms with Gasteiger partial charge in [0.1, 0.15) is 0 Å². The van der Waals surface area contributed by atoms with E-state index in [2.05, 4.69) is 5.32 Å². The second kappa shape index (κ2) is 7.34. The number of thioether (sulfide) groups is 1. The second-order valence-electron chi connectivity index (χ2n) is 2.01. The molecule has 3 N–H and O–H groups in total. The van der Waals surface area contributed by atoms with E-state index >= 15 is 0 Å². The van der Waals surface area contributed by atoms with Crippen LogP contribution in [0.3, 0.4) is 0 Å². The molecule has 0 aromatic rings. The number of nitrogens with one attached hydrogen (secondary N) is 1. The maximum atomic E-state index is 8.87. The predicted molar refractivity (Wildman–Crippen MR) is 44.3 cm³/mol. The molecule has 0 fully saturated rings. The highest BCUT2D eigenvalue weighted by atomic mass is 32.2. The largest absolute Gasteiger partial charge is 0.394 e. The molecule has 0 aliphatic rings. The van der Waals surface area contributed by atoms with Crippen LogP contribution in [0.5, 0.6) is 0 Å². The molecule has 0 spiro atoms. The molecule has 0 rings (SSSR count). The smallest absolute Gasteiger partial charge is 0.0861 e. The van der Waals surface area contributed by atoms with Crippen LogP contribution in [-0.4, -0.2) is 48.0 Å². The summed E-state index contributed by atoms with van der Waals surface area (Å²) < 4.78 is 0. The molecule has 0 aromatic carbocycles. The normalized spacial score (nSPS) is 13.5. The summed E-state index contributed by atoms with van der Waals surface area (Å²) in [6, 6.07) is 0. The zero-order valence-electron chi connectivity index (χ0n) is 6.21. The Labute approximate surface area is 65.8 Å². The lowest BCUT2D eigenvalue weighted by Crippen LogP contribution is -2.17. The quantitative estimate of drug-likeness (QED) is 0.455. The van der Waals surface area contributed by atoms with Crippen molar-refractivity contribution in [2.24, 2.45) is 0 Å². The minimum absolute atomic E-state index is 0.132. The third kappa shape index (κ3) is 6.35. The Morgan fingerprint density at radius 2 is 2.30 bits per heavy atom. The fraction of sp³-hybridized carbons (Fsp3) is 1.00. The number of hydrogen-bond acceptors (Lipinski definition) is 4. The molecule has 4 heteroatoms. The van der Waals surface area contributed by atoms with Gasteiger partial charge in [-0.25, -0.2) is 0 Å². The third-order valence-electron chi connectivity index (χ3n) is 1.02. The van der Waals surface area contributed by atoms with Gasteiger partial charge in [-0.2, -0.15) is 11.8 Å². The van der Waals surface area contributed by atoms with Crippen LogP contribution in [-0.2, 0) is 0 Å². The summed E-state index contributed by atoms with van der Waals surface area (Å²) in [5, 5.41) is 20.3. The van der Waals surface area contributed by atoms with E-state index in [4.69, 9.17) is 10.2 Å². The molecule has 0 aliphatic carbocycles. The van der Waals surface area contributed by atoms with E-state index in [1.165, 1.54) is 0 Å². The first-order valence-corrected chi connectivity index (χ1v) is 4.48. The molecule has 0 saturated heterocycles. The molecule has 0 aliphatic heterocycles. The lowest BCUT2D eigenvalue weighted by Gasteiger charge is -2.05. The summed E-state index contributed by atoms with van der Waals surface area (Å²) >= 11 is 1.64. The first-order valence-electron chi connectivity index (χ1n) is 3.32. The highest BCUT2D eigenvalue weighted by Crippen LogP contribution is 2.00. The maximum absolute atomic E-state index is 8.87. The molecule has 0 aromatic heterocycles. The summed E-state index contributed by atoms with van der Waals surface area (Å²) in [4.78, 5) is 0. The van der Waals surface area contributed by atoms with Crippen LogP contribution in [0.2, 0.25) is 0 Å². The Kier molecular flexibility index (Phi) is 7.51. The number of hydrogen-bond donors (Lipinski definition) is 3. The zero-order chi connectivity index (χ0) is 7.82. The summed E-state index contributed by atoms with van der Waals surface area (Å²) in [5.41, 5.74) is 0. The van der Waals surface area contributed by atoms with Crippen LogP contribution in [0.1, 0.15) is 0 Å². The molecule has 3 nitrogen and oxygen atoms in total. The van der Waals surface area contributed by atoms with Crippen LogP contribution >= 0.6 is 11.8 Å². The van der Waals surface area contributed by atoms with Crippen molar-refractivity contribution in [3.63, 3.8) is 0 Å². The predicted octanol–water partition coefficient (Wildman–Crippen LogP) is -0.708. The Balaban J connectivity index is 2.89. The van der Waals surface area contributed by atoms with Gasteiger partial charge in [0.15, 0.2) is 0 Å². The summed E-state index contributed by atoms with van der Waals surface area (Å²) in [7, 11) is 1.89. The van der Waals surface area contributed by atoms with E-state index in [9.17, 15) is 0 Å². The first kappa shape index (κ1) is 10.2. The van der Waals surface area contributed by atoms with Crippen molar-refractivity contribution in [3.8, 4) is 0 Å². The monoisotopic (exact) mass is 165 g/mol. The van der Waals surface area contributed by atoms with E-state index in [1.54, 1.807) is 11.8 Å². The highest BCUT2D eigenvalue weighted by Gasteiger charge is 1.99. The van der Waals surface area contributed by atoms with Crippen LogP contribution in [0.15, 0.2) is 0 Å². The zero-order valence-corrected chi connectivity index (χ0v) is 7.02. The Hall–Kier alpha value is 0.230. The Bertz CT molecular complexity index is 72.8. The molecule has 0 heterocycles. The van der Waals surface area contributed by atoms with Crippen molar-refractivity contribution >= 4 is 11.8 Å². The van der Waals surface area contributed by atoms with Crippen LogP contribution in [0, 0.1) is 0 Å². The number of aliphatic hydroxyl groups is 2. The Morgan fingerprint density at radius 3 is 2.80 bits per heavy atom. The first-order chi connectivity index (χ1) is 4.81. The fourth-order valence-corrected chi connectivity index (χ4v) is 1.34. The molecule has 10 heavy (non-hydrogen) atoms. The standard InChI is InChI=1S/C6H15NO2S/c1-7-2-3-10-5-6(9)4-8/h6-9H,2-5H2,1H3. The van der Waals surface area contributed by atoms with E-state index in [0.717, 1.165) is 12.3 Å². The van der Waals surface area contributed by atoms with Gasteiger partial charge < -0.3 is 15.5 Å². The van der Waals surface area contributed by atoms with E-state index < -0.39 is 6.10 Å². The van der Waals surface area contributed by atoms with Crippen LogP contribution in [0.4, 0.5) is 0 Å². The highest BCUT2D eigenvalue weighted by molar-refractivity contribution is 7.99. The fourth-order valence-electron chi connectivity index (χ4n) is 0.446. The van der Waals surface area contributed by atoms with Gasteiger partial charge in [0.05, 0.1) is 12.7 Å². The number of aliphatic hydroxyl groups excluding tert-OH is 2. The minimum Gasteiger partial charge on any atom is -0.394 e. The van der Waals surface area contributed by atoms with E-state index in [1.807, 2.05) is 7.05 Å². The van der Waals surface area contributed by atoms with Crippen molar-refractivity contribution in [2.75, 3.05) is 31.7 Å². The van der Waals surface area contributed by atoms with Gasteiger partial charge in [0.2, 0.25) is 0 Å². The van der Waals surface area contributed by atoms with Crippen molar-refractivity contribution in [2.45, 2.75) is 6.10 Å². The lowest BCUT2D eigenvalue weighted by molar-refractivity contribution is 0.113. The van der Waals surface area contributed by atoms with Gasteiger partial charge in [-0.05, 0) is 7.05 Å². The molecule has 0 bridgehead atoms. The summed E-state index contributed by atoms with van der Waals surface area (Å²) in [5.74, 6) is 1.60. The van der Waals surface area contributed by atoms with Gasteiger partial charge in [-0.3, -0.25) is 0 Å². The molecule has 1 unspecified atom stereocenters. The van der Waals surface area contributed by atoms with Gasteiger partial charge in [0.25, 0.3) is 0 Å². The Morgan fingerprint density at radius 1 is 1.60 bits per heavy atom. The SMILES string of the molecule is CNCCSCC(O)CO. The molecular weight excluding hydrogens is 150 g/mol. The van der Waals surface area contributed by atoms with E-state index in [0.29, 0.717) is 5.75 Å². The lowest BCUT2D eigenvalue weighted by atomic mass is 10.4. The van der Waals surface area contributed by atoms with Crippen molar-refractivity contribution in [1.29, 1.82) is 0 Å². The second-order valence-corrected chi connectivity index (χ2v) is 3.16. The van der Waals surface area contributed by atoms with Gasteiger partial charge in [0, 0.05) is 18.1 Å². The molecule has 0 amide bonds. The van der Waals surface area contributed by atoms with Gasteiger partial charge in [-0.15, -0.1) is 0 Å². The number of rotatable bonds is 6. The third-order valence-corrected chi connectivity index (χ3v) is 2.13. The van der Waals surface area contributed by atoms with Gasteiger partial charge in [-0.1, -0.05) is 0 Å². The molecule has 0 radical (unpaired) electrons. The molecule has 0 saturated carbocycles. The molecule has 62 valence electrons. The van der Waals surface area contributed by atoms with Crippen molar-refractivity contribution < 1.29 is 10.2 Å². The maximum Gasteiger partial charge on any atom is 0.0861 e. The van der Waals surface area contributed by atoms with Crippen molar-refractivity contribution in [1.82, 2.24) is 5.32 Å². The van der Waals surface area contributed by atoms with Crippen LogP contribution < -0.4 is 5.32 Å². The topological polar surface area (TPSA) is 52.5 Å². The van der Waals surface area contributed by atoms with Crippen molar-refractivity contribution in [3.05, 3.63) is 0 Å². The summed E-state index contributed by atoms with van der Waals surface area (Å²) in [6.07, 6.45) is -0.554. The van der Waals surface area contributed by atoms with Gasteiger partial charge >= 0.3 is 0 Å². The minimum atomic E-state index is -0.554. The summed E-state index contributed by atoms with van der Waals surface area (Å²) in [6.45, 7) is 0.815. The average Bonchev–Trinajstić information content (AvgIpc) is 1.98. The molecular formula is C6H15NO2S. The van der Waals surface area contributed by atoms with Crippen LogP contribution in [0.25, 0.3) is 0 Å². The average molecular weight is 165 g/mol.